The molecule has 0 aromatic rings. The number of carbonyl (C=O) groups excluding carboxylic acids is 2. The van der Waals surface area contributed by atoms with Crippen molar-refractivity contribution in [2.75, 3.05) is 13.2 Å². The molecule has 0 rings (SSSR count). The second-order valence-corrected chi connectivity index (χ2v) is 19.6. The molecule has 0 fully saturated rings. The van der Waals surface area contributed by atoms with E-state index in [4.69, 9.17) is 4.74 Å². The van der Waals surface area contributed by atoms with E-state index in [1.807, 2.05) is 0 Å². The van der Waals surface area contributed by atoms with Crippen molar-refractivity contribution >= 4 is 11.9 Å². The van der Waals surface area contributed by atoms with Gasteiger partial charge in [-0.05, 0) is 51.4 Å². The predicted octanol–water partition coefficient (Wildman–Crippen LogP) is 17.3. The Morgan fingerprint density at radius 3 is 1.13 bits per heavy atom. The summed E-state index contributed by atoms with van der Waals surface area (Å²) in [5.41, 5.74) is 0. The first kappa shape index (κ1) is 61.6. The summed E-state index contributed by atoms with van der Waals surface area (Å²) in [4.78, 5) is 24.4. The van der Waals surface area contributed by atoms with Crippen LogP contribution in [-0.4, -0.2) is 47.4 Å². The number of carbonyl (C=O) groups is 2. The van der Waals surface area contributed by atoms with Gasteiger partial charge >= 0.3 is 5.97 Å². The Hall–Kier alpha value is -1.40. The van der Waals surface area contributed by atoms with Gasteiger partial charge in [0.15, 0.2) is 0 Å². The van der Waals surface area contributed by atoms with Gasteiger partial charge in [-0.25, -0.2) is 0 Å². The SMILES string of the molecule is CCCCCCCCCCCCCCC(=O)OCCCCCCCCCCCCC/C=C\CCCCCCCCCC(=O)NC(CO)C(O)CCCCCCCCCCCCCC. The number of ether oxygens (including phenoxy) is 1. The zero-order chi connectivity index (χ0) is 45.8. The fourth-order valence-corrected chi connectivity index (χ4v) is 8.93. The fourth-order valence-electron chi connectivity index (χ4n) is 8.93. The molecule has 6 nitrogen and oxygen atoms in total. The molecule has 6 heteroatoms. The van der Waals surface area contributed by atoms with Crippen LogP contribution >= 0.6 is 0 Å². The lowest BCUT2D eigenvalue weighted by atomic mass is 10.0. The molecule has 0 radical (unpaired) electrons. The number of aliphatic hydroxyl groups is 2. The maximum absolute atomic E-state index is 12.4. The Morgan fingerprint density at radius 1 is 0.429 bits per heavy atom. The van der Waals surface area contributed by atoms with Crippen molar-refractivity contribution < 1.29 is 24.5 Å². The summed E-state index contributed by atoms with van der Waals surface area (Å²) in [7, 11) is 0. The molecule has 0 spiro atoms. The van der Waals surface area contributed by atoms with Crippen LogP contribution in [0, 0.1) is 0 Å². The maximum Gasteiger partial charge on any atom is 0.305 e. The third-order valence-corrected chi connectivity index (χ3v) is 13.3. The zero-order valence-corrected chi connectivity index (χ0v) is 42.6. The van der Waals surface area contributed by atoms with Crippen LogP contribution in [-0.2, 0) is 14.3 Å². The Bertz CT molecular complexity index is 939. The van der Waals surface area contributed by atoms with Gasteiger partial charge in [-0.2, -0.15) is 0 Å². The molecule has 0 saturated carbocycles. The van der Waals surface area contributed by atoms with Gasteiger partial charge in [0.05, 0.1) is 25.4 Å². The standard InChI is InChI=1S/C57H111NO5/c1-3-5-7-9-11-13-15-29-33-37-41-45-49-55(60)54(53-59)58-56(61)50-46-42-38-34-30-27-25-23-21-19-17-18-20-22-24-26-28-32-36-40-44-48-52-63-57(62)51-47-43-39-35-31-16-14-12-10-8-6-4-2/h19,21,54-55,59-60H,3-18,20,22-53H2,1-2H3,(H,58,61)/b21-19-. The van der Waals surface area contributed by atoms with Gasteiger partial charge < -0.3 is 20.3 Å². The number of nitrogens with one attached hydrogen (secondary N) is 1. The van der Waals surface area contributed by atoms with Gasteiger partial charge in [0.1, 0.15) is 0 Å². The van der Waals surface area contributed by atoms with Crippen molar-refractivity contribution in [3.8, 4) is 0 Å². The number of esters is 1. The van der Waals surface area contributed by atoms with E-state index in [-0.39, 0.29) is 18.5 Å². The molecule has 0 aromatic carbocycles. The fraction of sp³-hybridized carbons (Fsp3) is 0.930. The molecule has 0 aliphatic heterocycles. The van der Waals surface area contributed by atoms with Gasteiger partial charge in [-0.3, -0.25) is 9.59 Å². The average Bonchev–Trinajstić information content (AvgIpc) is 3.28. The van der Waals surface area contributed by atoms with Crippen LogP contribution < -0.4 is 5.32 Å². The maximum atomic E-state index is 12.4. The highest BCUT2D eigenvalue weighted by molar-refractivity contribution is 5.76. The number of aliphatic hydroxyl groups excluding tert-OH is 2. The van der Waals surface area contributed by atoms with Crippen LogP contribution in [0.3, 0.4) is 0 Å². The Kier molecular flexibility index (Phi) is 52.0. The van der Waals surface area contributed by atoms with Crippen molar-refractivity contribution in [2.24, 2.45) is 0 Å². The number of hydrogen-bond acceptors (Lipinski definition) is 5. The van der Waals surface area contributed by atoms with E-state index in [2.05, 4.69) is 31.3 Å². The molecule has 2 atom stereocenters. The third kappa shape index (κ3) is 49.9. The normalized spacial score (nSPS) is 12.6. The smallest absolute Gasteiger partial charge is 0.305 e. The second-order valence-electron chi connectivity index (χ2n) is 19.6. The Balaban J connectivity index is 3.40. The summed E-state index contributed by atoms with van der Waals surface area (Å²) < 4.78 is 5.47. The summed E-state index contributed by atoms with van der Waals surface area (Å²) in [6, 6.07) is -0.544. The highest BCUT2D eigenvalue weighted by Crippen LogP contribution is 2.17. The van der Waals surface area contributed by atoms with Gasteiger partial charge in [0, 0.05) is 12.8 Å². The van der Waals surface area contributed by atoms with Crippen molar-refractivity contribution in [1.82, 2.24) is 5.32 Å². The molecule has 0 saturated heterocycles. The highest BCUT2D eigenvalue weighted by Gasteiger charge is 2.20. The van der Waals surface area contributed by atoms with E-state index in [0.29, 0.717) is 25.9 Å². The minimum absolute atomic E-state index is 0.0109. The van der Waals surface area contributed by atoms with E-state index < -0.39 is 12.1 Å². The molecule has 3 N–H and O–H groups in total. The monoisotopic (exact) mass is 890 g/mol. The Morgan fingerprint density at radius 2 is 0.746 bits per heavy atom. The first-order valence-electron chi connectivity index (χ1n) is 28.4. The molecule has 63 heavy (non-hydrogen) atoms. The summed E-state index contributed by atoms with van der Waals surface area (Å²) in [6.07, 6.45) is 62.0. The van der Waals surface area contributed by atoms with Crippen molar-refractivity contribution in [3.63, 3.8) is 0 Å². The molecule has 374 valence electrons. The van der Waals surface area contributed by atoms with Crippen LogP contribution in [0.25, 0.3) is 0 Å². The van der Waals surface area contributed by atoms with Crippen LogP contribution in [0.5, 0.6) is 0 Å². The van der Waals surface area contributed by atoms with E-state index in [9.17, 15) is 19.8 Å². The van der Waals surface area contributed by atoms with Crippen LogP contribution in [0.15, 0.2) is 12.2 Å². The molecule has 0 bridgehead atoms. The quantitative estimate of drug-likeness (QED) is 0.0321. The number of amides is 1. The van der Waals surface area contributed by atoms with Crippen molar-refractivity contribution in [2.45, 2.75) is 328 Å². The van der Waals surface area contributed by atoms with Gasteiger partial charge in [0.2, 0.25) is 5.91 Å². The minimum Gasteiger partial charge on any atom is -0.466 e. The van der Waals surface area contributed by atoms with Gasteiger partial charge in [-0.1, -0.05) is 264 Å². The molecule has 1 amide bonds. The average molecular weight is 891 g/mol. The molecule has 0 aliphatic rings. The highest BCUT2D eigenvalue weighted by atomic mass is 16.5. The number of unbranched alkanes of at least 4 members (excludes halogenated alkanes) is 40. The van der Waals surface area contributed by atoms with Crippen LogP contribution in [0.2, 0.25) is 0 Å². The van der Waals surface area contributed by atoms with Crippen molar-refractivity contribution in [3.05, 3.63) is 12.2 Å². The topological polar surface area (TPSA) is 95.9 Å². The van der Waals surface area contributed by atoms with E-state index in [1.165, 1.54) is 244 Å². The molecule has 0 aromatic heterocycles. The lowest BCUT2D eigenvalue weighted by molar-refractivity contribution is -0.143. The lowest BCUT2D eigenvalue weighted by Crippen LogP contribution is -2.45. The van der Waals surface area contributed by atoms with Gasteiger partial charge in [-0.15, -0.1) is 0 Å². The van der Waals surface area contributed by atoms with Crippen molar-refractivity contribution in [1.29, 1.82) is 0 Å². The van der Waals surface area contributed by atoms with Gasteiger partial charge in [0.25, 0.3) is 0 Å². The molecule has 2 unspecified atom stereocenters. The number of allylic oxidation sites excluding steroid dienone is 2. The molecule has 0 heterocycles. The summed E-state index contributed by atoms with van der Waals surface area (Å²) in [6.45, 7) is 4.95. The first-order valence-corrected chi connectivity index (χ1v) is 28.4. The lowest BCUT2D eigenvalue weighted by Gasteiger charge is -2.22. The first-order chi connectivity index (χ1) is 31.0. The largest absolute Gasteiger partial charge is 0.466 e. The third-order valence-electron chi connectivity index (χ3n) is 13.3. The molecular weight excluding hydrogens is 779 g/mol. The van der Waals surface area contributed by atoms with Crippen LogP contribution in [0.1, 0.15) is 316 Å². The molecular formula is C57H111NO5. The zero-order valence-electron chi connectivity index (χ0n) is 42.6. The van der Waals surface area contributed by atoms with Crippen LogP contribution in [0.4, 0.5) is 0 Å². The van der Waals surface area contributed by atoms with E-state index >= 15 is 0 Å². The summed E-state index contributed by atoms with van der Waals surface area (Å²) >= 11 is 0. The minimum atomic E-state index is -0.666. The van der Waals surface area contributed by atoms with E-state index in [1.54, 1.807) is 0 Å². The predicted molar refractivity (Wildman–Crippen MR) is 273 cm³/mol. The summed E-state index contributed by atoms with van der Waals surface area (Å²) in [5.74, 6) is -0.0306. The number of hydrogen-bond donors (Lipinski definition) is 3. The summed E-state index contributed by atoms with van der Waals surface area (Å²) in [5, 5.41) is 23.2. The number of rotatable bonds is 53. The van der Waals surface area contributed by atoms with E-state index in [0.717, 1.165) is 38.5 Å². The molecule has 0 aliphatic carbocycles. The second kappa shape index (κ2) is 53.2. The Labute approximate surface area is 393 Å².